The van der Waals surface area contributed by atoms with Crippen LogP contribution in [0, 0.1) is 23.7 Å². The Labute approximate surface area is 473 Å². The molecule has 83 heavy (non-hydrogen) atoms. The Balaban J connectivity index is 0.985. The van der Waals surface area contributed by atoms with Crippen LogP contribution in [0.2, 0.25) is 0 Å². The number of aromatic nitrogens is 6. The Morgan fingerprint density at radius 1 is 0.373 bits per heavy atom. The van der Waals surface area contributed by atoms with E-state index in [-0.39, 0.29) is 0 Å². The summed E-state index contributed by atoms with van der Waals surface area (Å²) in [7, 11) is 0. The fraction of sp³-hybridized carbons (Fsp3) is 0.253. The Kier molecular flexibility index (Phi) is 6.89. The fourth-order valence-corrected chi connectivity index (χ4v) is 21.6. The number of furan rings is 2. The lowest BCUT2D eigenvalue weighted by Gasteiger charge is -2.38. The summed E-state index contributed by atoms with van der Waals surface area (Å²) < 4.78 is 19.8. The number of para-hydroxylation sites is 2. The van der Waals surface area contributed by atoms with Crippen LogP contribution in [0.5, 0.6) is 0 Å². The smallest absolute Gasteiger partial charge is 0.163 e. The SMILES string of the molecule is c1ccc2c(c1)-c1ccccc1C21c2cc3c4c5c(ncc4n4c6cnc7c8ccccc8oc7c6c(c2-c2c1cc1c6c7c(ncc6n6c8cnc9c%10ccccc%10oc9c8c2c16)C1CC2CC(C1)CC7C2)c34)C1CC2CC(C1)CC5C2. The van der Waals surface area contributed by atoms with Crippen LogP contribution in [-0.4, -0.2) is 28.7 Å². The lowest BCUT2D eigenvalue weighted by molar-refractivity contribution is 0.165. The lowest BCUT2D eigenvalue weighted by Crippen LogP contribution is -2.26. The molecule has 0 N–H and O–H groups in total. The van der Waals surface area contributed by atoms with E-state index in [4.69, 9.17) is 28.8 Å². The van der Waals surface area contributed by atoms with Crippen molar-refractivity contribution in [2.24, 2.45) is 23.7 Å². The predicted octanol–water partition coefficient (Wildman–Crippen LogP) is 18.5. The number of fused-ring (bicyclic) bond motifs is 32. The van der Waals surface area contributed by atoms with Crippen molar-refractivity contribution in [3.63, 3.8) is 0 Å². The average molecular weight is 1070 g/mol. The van der Waals surface area contributed by atoms with Gasteiger partial charge in [-0.05, 0) is 192 Å². The standard InChI is InChI=1S/C75H50N6O2/c1-5-13-47-41(9-1)42-10-2-6-14-48(42)75(47)49-27-45-59-51(29-76-67-39-23-33-17-34(24-39)20-37(19-33)57(59)67)80-53-31-78-69-43-11-3-7-15-55(43)82-73(69)63(53)65(71(45)80)61(49)62-50(75)28-46-60-52(30-77-68-40-25-35-18-36(26-40)22-38(21-35)58(60)68)81-54-32-79-70-44-12-4-8-16-56(44)83-74(70)64(54)66(62)72(46)81/h1-16,27-40H,17-26H2. The van der Waals surface area contributed by atoms with Crippen molar-refractivity contribution in [2.75, 3.05) is 0 Å². The molecule has 10 heterocycles. The topological polar surface area (TPSA) is 86.7 Å². The molecule has 1 spiro atoms. The molecular formula is C75H50N6O2. The van der Waals surface area contributed by atoms with Gasteiger partial charge in [0.2, 0.25) is 0 Å². The summed E-state index contributed by atoms with van der Waals surface area (Å²) >= 11 is 0. The summed E-state index contributed by atoms with van der Waals surface area (Å²) in [5, 5.41) is 12.3. The molecule has 4 atom stereocenters. The van der Waals surface area contributed by atoms with E-state index >= 15 is 0 Å². The van der Waals surface area contributed by atoms with E-state index in [1.807, 2.05) is 0 Å². The van der Waals surface area contributed by atoms with Crippen molar-refractivity contribution < 1.29 is 8.83 Å². The van der Waals surface area contributed by atoms with Crippen LogP contribution >= 0.6 is 0 Å². The number of hydrogen-bond donors (Lipinski definition) is 0. The van der Waals surface area contributed by atoms with Crippen molar-refractivity contribution in [3.8, 4) is 22.3 Å². The second-order valence-corrected chi connectivity index (χ2v) is 27.5. The van der Waals surface area contributed by atoms with Gasteiger partial charge in [0.15, 0.2) is 11.2 Å². The van der Waals surface area contributed by atoms with E-state index in [1.165, 1.54) is 174 Å². The van der Waals surface area contributed by atoms with Gasteiger partial charge in [0.05, 0.1) is 74.1 Å². The highest BCUT2D eigenvalue weighted by molar-refractivity contribution is 6.39. The molecule has 16 aromatic rings. The van der Waals surface area contributed by atoms with Crippen molar-refractivity contribution in [1.82, 2.24) is 28.7 Å². The highest BCUT2D eigenvalue weighted by Crippen LogP contribution is 2.69. The van der Waals surface area contributed by atoms with Gasteiger partial charge in [-0.15, -0.1) is 0 Å². The normalized spacial score (nSPS) is 25.0. The number of pyridine rings is 4. The van der Waals surface area contributed by atoms with Crippen LogP contribution in [0.4, 0.5) is 0 Å². The Morgan fingerprint density at radius 3 is 1.24 bits per heavy atom. The van der Waals surface area contributed by atoms with Crippen LogP contribution in [-0.2, 0) is 5.41 Å². The second-order valence-electron chi connectivity index (χ2n) is 27.5. The van der Waals surface area contributed by atoms with Gasteiger partial charge < -0.3 is 17.6 Å². The van der Waals surface area contributed by atoms with E-state index in [2.05, 4.69) is 143 Å². The van der Waals surface area contributed by atoms with E-state index in [0.29, 0.717) is 23.7 Å². The van der Waals surface area contributed by atoms with Crippen molar-refractivity contribution in [1.29, 1.82) is 0 Å². The summed E-state index contributed by atoms with van der Waals surface area (Å²) in [5.74, 6) is 5.07. The molecule has 392 valence electrons. The first kappa shape index (κ1) is 42.0. The third-order valence-electron chi connectivity index (χ3n) is 23.9. The van der Waals surface area contributed by atoms with Gasteiger partial charge in [-0.25, -0.2) is 9.97 Å². The minimum absolute atomic E-state index is 0.489. The van der Waals surface area contributed by atoms with Crippen LogP contribution in [0.15, 0.2) is 143 Å². The van der Waals surface area contributed by atoms with Gasteiger partial charge in [0, 0.05) is 66.3 Å². The molecule has 26 rings (SSSR count). The maximum Gasteiger partial charge on any atom is 0.163 e. The molecule has 0 aliphatic heterocycles. The zero-order valence-corrected chi connectivity index (χ0v) is 45.4. The first-order valence-electron chi connectivity index (χ1n) is 31.0. The average Bonchev–Trinajstić information content (AvgIpc) is 1.52. The molecule has 10 aromatic heterocycles. The molecular weight excluding hydrogens is 1020 g/mol. The Morgan fingerprint density at radius 2 is 0.771 bits per heavy atom. The zero-order chi connectivity index (χ0) is 52.8. The van der Waals surface area contributed by atoms with Gasteiger partial charge >= 0.3 is 0 Å². The summed E-state index contributed by atoms with van der Waals surface area (Å²) in [5.41, 5.74) is 28.0. The monoisotopic (exact) mass is 1070 g/mol. The predicted molar refractivity (Wildman–Crippen MR) is 329 cm³/mol. The van der Waals surface area contributed by atoms with Crippen molar-refractivity contribution in [2.45, 2.75) is 93.3 Å². The molecule has 8 bridgehead atoms. The molecule has 4 fully saturated rings. The molecule has 0 radical (unpaired) electrons. The van der Waals surface area contributed by atoms with Crippen LogP contribution in [0.25, 0.3) is 143 Å². The minimum Gasteiger partial charge on any atom is -0.454 e. The maximum atomic E-state index is 7.30. The van der Waals surface area contributed by atoms with Crippen molar-refractivity contribution in [3.05, 3.63) is 179 Å². The quantitative estimate of drug-likeness (QED) is 0.150. The second kappa shape index (κ2) is 13.6. The Bertz CT molecular complexity index is 5430. The van der Waals surface area contributed by atoms with Gasteiger partial charge in [-0.1, -0.05) is 72.8 Å². The molecule has 10 aliphatic rings. The van der Waals surface area contributed by atoms with Crippen LogP contribution in [0.3, 0.4) is 0 Å². The highest BCUT2D eigenvalue weighted by atomic mass is 16.3. The van der Waals surface area contributed by atoms with E-state index in [9.17, 15) is 0 Å². The van der Waals surface area contributed by atoms with E-state index < -0.39 is 5.41 Å². The Hall–Kier alpha value is -8.88. The highest BCUT2D eigenvalue weighted by Gasteiger charge is 2.55. The van der Waals surface area contributed by atoms with Crippen LogP contribution < -0.4 is 0 Å². The van der Waals surface area contributed by atoms with Gasteiger partial charge in [-0.2, -0.15) is 0 Å². The first-order valence-corrected chi connectivity index (χ1v) is 31.0. The van der Waals surface area contributed by atoms with Crippen LogP contribution in [0.1, 0.15) is 133 Å². The number of hydrogen-bond acceptors (Lipinski definition) is 6. The molecule has 6 aromatic carbocycles. The van der Waals surface area contributed by atoms with E-state index in [0.717, 1.165) is 89.6 Å². The summed E-state index contributed by atoms with van der Waals surface area (Å²) in [6.07, 6.45) is 21.8. The summed E-state index contributed by atoms with van der Waals surface area (Å²) in [6.45, 7) is 0. The van der Waals surface area contributed by atoms with Gasteiger partial charge in [0.1, 0.15) is 22.2 Å². The van der Waals surface area contributed by atoms with Gasteiger partial charge in [-0.3, -0.25) is 9.97 Å². The molecule has 4 unspecified atom stereocenters. The summed E-state index contributed by atoms with van der Waals surface area (Å²) in [4.78, 5) is 22.2. The third kappa shape index (κ3) is 4.49. The molecule has 4 saturated carbocycles. The number of benzene rings is 6. The fourth-order valence-electron chi connectivity index (χ4n) is 21.6. The molecule has 8 nitrogen and oxygen atoms in total. The number of rotatable bonds is 0. The van der Waals surface area contributed by atoms with Crippen molar-refractivity contribution >= 4 is 120 Å². The molecule has 10 aliphatic carbocycles. The molecule has 0 amide bonds. The minimum atomic E-state index is -0.704. The molecule has 8 heteroatoms. The lowest BCUT2D eigenvalue weighted by atomic mass is 9.67. The molecule has 0 saturated heterocycles. The summed E-state index contributed by atoms with van der Waals surface area (Å²) in [6, 6.07) is 41.4. The number of nitrogens with zero attached hydrogens (tertiary/aromatic N) is 6. The third-order valence-corrected chi connectivity index (χ3v) is 23.9. The zero-order valence-electron chi connectivity index (χ0n) is 45.4. The van der Waals surface area contributed by atoms with Gasteiger partial charge in [0.25, 0.3) is 0 Å². The van der Waals surface area contributed by atoms with E-state index in [1.54, 1.807) is 11.1 Å². The largest absolute Gasteiger partial charge is 0.454 e. The first-order chi connectivity index (χ1) is 41.1. The maximum absolute atomic E-state index is 7.30.